The van der Waals surface area contributed by atoms with E-state index in [0.29, 0.717) is 5.92 Å². The fraction of sp³-hybridized carbons (Fsp3) is 0.500. The molecule has 0 bridgehead atoms. The first kappa shape index (κ1) is 14.8. The normalized spacial score (nSPS) is 11.3. The number of fused-ring (bicyclic) bond motifs is 1. The third kappa shape index (κ3) is 2.79. The van der Waals surface area contributed by atoms with Gasteiger partial charge >= 0.3 is 0 Å². The van der Waals surface area contributed by atoms with Crippen LogP contribution in [0, 0.1) is 6.92 Å². The first-order valence-electron chi connectivity index (χ1n) is 7.75. The molecular weight excluding hydrogens is 244 g/mol. The van der Waals surface area contributed by atoms with Gasteiger partial charge in [-0.25, -0.2) is 0 Å². The van der Waals surface area contributed by atoms with Gasteiger partial charge in [0.15, 0.2) is 0 Å². The molecule has 0 fully saturated rings. The van der Waals surface area contributed by atoms with Gasteiger partial charge in [-0.3, -0.25) is 4.98 Å². The predicted octanol–water partition coefficient (Wildman–Crippen LogP) is 5.05. The second-order valence-corrected chi connectivity index (χ2v) is 5.77. The molecule has 2 rings (SSSR count). The van der Waals surface area contributed by atoms with Gasteiger partial charge < -0.3 is 5.32 Å². The van der Waals surface area contributed by atoms with E-state index in [4.69, 9.17) is 4.98 Å². The minimum Gasteiger partial charge on any atom is -0.384 e. The van der Waals surface area contributed by atoms with E-state index in [1.54, 1.807) is 0 Å². The molecule has 1 heterocycles. The van der Waals surface area contributed by atoms with Gasteiger partial charge in [-0.1, -0.05) is 33.8 Å². The summed E-state index contributed by atoms with van der Waals surface area (Å²) in [6, 6.07) is 6.64. The molecular formula is C18H26N2. The average Bonchev–Trinajstić information content (AvgIpc) is 2.43. The summed E-state index contributed by atoms with van der Waals surface area (Å²) in [5.74, 6) is 0.483. The van der Waals surface area contributed by atoms with Gasteiger partial charge in [0.05, 0.1) is 5.52 Å². The van der Waals surface area contributed by atoms with Crippen molar-refractivity contribution >= 4 is 16.6 Å². The molecule has 2 aromatic rings. The Hall–Kier alpha value is -1.57. The van der Waals surface area contributed by atoms with Crippen molar-refractivity contribution in [2.24, 2.45) is 0 Å². The predicted molar refractivity (Wildman–Crippen MR) is 88.7 cm³/mol. The van der Waals surface area contributed by atoms with Gasteiger partial charge in [0, 0.05) is 23.3 Å². The smallest absolute Gasteiger partial charge is 0.0726 e. The molecule has 0 saturated carbocycles. The number of rotatable bonds is 5. The lowest BCUT2D eigenvalue weighted by Crippen LogP contribution is -2.08. The topological polar surface area (TPSA) is 24.9 Å². The number of pyridine rings is 1. The summed E-state index contributed by atoms with van der Waals surface area (Å²) in [5.41, 5.74) is 6.27. The van der Waals surface area contributed by atoms with E-state index in [-0.39, 0.29) is 0 Å². The molecule has 0 atom stereocenters. The van der Waals surface area contributed by atoms with Gasteiger partial charge in [-0.15, -0.1) is 0 Å². The van der Waals surface area contributed by atoms with Crippen molar-refractivity contribution in [3.8, 4) is 0 Å². The Morgan fingerprint density at radius 3 is 2.55 bits per heavy atom. The number of benzene rings is 1. The van der Waals surface area contributed by atoms with E-state index in [1.165, 1.54) is 22.2 Å². The number of hydrogen-bond acceptors (Lipinski definition) is 2. The molecule has 2 nitrogen and oxygen atoms in total. The summed E-state index contributed by atoms with van der Waals surface area (Å²) in [6.45, 7) is 12.0. The zero-order valence-corrected chi connectivity index (χ0v) is 13.4. The maximum atomic E-state index is 4.80. The van der Waals surface area contributed by atoms with Gasteiger partial charge in [-0.05, 0) is 48.9 Å². The lowest BCUT2D eigenvalue weighted by atomic mass is 9.95. The Bertz CT molecular complexity index is 600. The summed E-state index contributed by atoms with van der Waals surface area (Å²) < 4.78 is 0. The Kier molecular flexibility index (Phi) is 4.64. The summed E-state index contributed by atoms with van der Waals surface area (Å²) in [7, 11) is 0. The molecule has 0 radical (unpaired) electrons. The molecule has 0 aliphatic rings. The van der Waals surface area contributed by atoms with Crippen molar-refractivity contribution in [1.29, 1.82) is 0 Å². The van der Waals surface area contributed by atoms with Crippen LogP contribution in [0.1, 0.15) is 56.9 Å². The van der Waals surface area contributed by atoms with E-state index in [1.807, 2.05) is 0 Å². The monoisotopic (exact) mass is 270 g/mol. The number of nitrogens with one attached hydrogen (secondary N) is 1. The van der Waals surface area contributed by atoms with Crippen LogP contribution in [0.4, 0.5) is 5.69 Å². The number of aromatic nitrogens is 1. The maximum Gasteiger partial charge on any atom is 0.0726 e. The second-order valence-electron chi connectivity index (χ2n) is 5.77. The van der Waals surface area contributed by atoms with Crippen LogP contribution >= 0.6 is 0 Å². The summed E-state index contributed by atoms with van der Waals surface area (Å²) in [6.07, 6.45) is 2.20. The standard InChI is InChI=1S/C18H26N2/c1-6-10-19-18-15-11-14(7-2)8-9-16(15)20-13(5)17(18)12(3)4/h8-9,11-12H,6-7,10H2,1-5H3,(H,19,20). The van der Waals surface area contributed by atoms with Crippen molar-refractivity contribution in [3.63, 3.8) is 0 Å². The molecule has 0 saturated heterocycles. The van der Waals surface area contributed by atoms with Crippen LogP contribution < -0.4 is 5.32 Å². The van der Waals surface area contributed by atoms with Crippen LogP contribution in [-0.4, -0.2) is 11.5 Å². The second kappa shape index (κ2) is 6.25. The Balaban J connectivity index is 2.71. The highest BCUT2D eigenvalue weighted by atomic mass is 14.9. The Morgan fingerprint density at radius 1 is 1.20 bits per heavy atom. The number of aryl methyl sites for hydroxylation is 2. The molecule has 1 N–H and O–H groups in total. The number of hydrogen-bond donors (Lipinski definition) is 1. The van der Waals surface area contributed by atoms with Crippen molar-refractivity contribution < 1.29 is 0 Å². The van der Waals surface area contributed by atoms with Gasteiger partial charge in [-0.2, -0.15) is 0 Å². The number of anilines is 1. The molecule has 20 heavy (non-hydrogen) atoms. The Morgan fingerprint density at radius 2 is 1.95 bits per heavy atom. The molecule has 2 heteroatoms. The molecule has 1 aromatic carbocycles. The minimum atomic E-state index is 0.483. The molecule has 108 valence electrons. The van der Waals surface area contributed by atoms with E-state index < -0.39 is 0 Å². The Labute approximate surface area is 122 Å². The van der Waals surface area contributed by atoms with E-state index in [2.05, 4.69) is 58.1 Å². The van der Waals surface area contributed by atoms with Crippen molar-refractivity contribution in [1.82, 2.24) is 4.98 Å². The molecule has 0 amide bonds. The van der Waals surface area contributed by atoms with Gasteiger partial charge in [0.25, 0.3) is 0 Å². The third-order valence-corrected chi connectivity index (χ3v) is 3.81. The van der Waals surface area contributed by atoms with Crippen LogP contribution in [0.5, 0.6) is 0 Å². The first-order valence-corrected chi connectivity index (χ1v) is 7.75. The highest BCUT2D eigenvalue weighted by molar-refractivity contribution is 5.94. The van der Waals surface area contributed by atoms with Gasteiger partial charge in [0.1, 0.15) is 0 Å². The van der Waals surface area contributed by atoms with Crippen molar-refractivity contribution in [2.45, 2.75) is 53.4 Å². The highest BCUT2D eigenvalue weighted by Gasteiger charge is 2.15. The van der Waals surface area contributed by atoms with Crippen LogP contribution in [0.25, 0.3) is 10.9 Å². The van der Waals surface area contributed by atoms with Crippen LogP contribution in [0.3, 0.4) is 0 Å². The van der Waals surface area contributed by atoms with Crippen LogP contribution in [0.2, 0.25) is 0 Å². The lowest BCUT2D eigenvalue weighted by molar-refractivity contribution is 0.844. The molecule has 0 unspecified atom stereocenters. The first-order chi connectivity index (χ1) is 9.58. The zero-order chi connectivity index (χ0) is 14.7. The average molecular weight is 270 g/mol. The summed E-state index contributed by atoms with van der Waals surface area (Å²) >= 11 is 0. The minimum absolute atomic E-state index is 0.483. The van der Waals surface area contributed by atoms with E-state index >= 15 is 0 Å². The lowest BCUT2D eigenvalue weighted by Gasteiger charge is -2.19. The fourth-order valence-corrected chi connectivity index (χ4v) is 2.81. The molecule has 1 aromatic heterocycles. The van der Waals surface area contributed by atoms with Crippen LogP contribution in [-0.2, 0) is 6.42 Å². The molecule has 0 spiro atoms. The van der Waals surface area contributed by atoms with Gasteiger partial charge in [0.2, 0.25) is 0 Å². The largest absolute Gasteiger partial charge is 0.384 e. The molecule has 0 aliphatic carbocycles. The zero-order valence-electron chi connectivity index (χ0n) is 13.4. The summed E-state index contributed by atoms with van der Waals surface area (Å²) in [4.78, 5) is 4.80. The summed E-state index contributed by atoms with van der Waals surface area (Å²) in [5, 5.41) is 4.91. The fourth-order valence-electron chi connectivity index (χ4n) is 2.81. The quantitative estimate of drug-likeness (QED) is 0.822. The van der Waals surface area contributed by atoms with E-state index in [9.17, 15) is 0 Å². The highest BCUT2D eigenvalue weighted by Crippen LogP contribution is 2.34. The SMILES string of the molecule is CCCNc1c(C(C)C)c(C)nc2ccc(CC)cc12. The van der Waals surface area contributed by atoms with Crippen molar-refractivity contribution in [3.05, 3.63) is 35.0 Å². The maximum absolute atomic E-state index is 4.80. The van der Waals surface area contributed by atoms with Crippen LogP contribution in [0.15, 0.2) is 18.2 Å². The van der Waals surface area contributed by atoms with E-state index in [0.717, 1.165) is 30.6 Å². The molecule has 0 aliphatic heterocycles. The van der Waals surface area contributed by atoms with Crippen molar-refractivity contribution in [2.75, 3.05) is 11.9 Å². The number of nitrogens with zero attached hydrogens (tertiary/aromatic N) is 1. The third-order valence-electron chi connectivity index (χ3n) is 3.81.